The van der Waals surface area contributed by atoms with Gasteiger partial charge < -0.3 is 33.8 Å². The standard InChI is InChI=1S/C79H154O17P2/c1-8-11-12-13-14-15-26-34-39-48-55-62-78(83)96-75(67-90-77(82)61-54-47-42-41-45-52-59-72(7)10-3)69-94-98(87,88)92-65-73(80)64-91-97(85,86)93-68-74(66-89-76(81)60-53-46-38-33-29-25-24-27-31-36-43-50-57-70(4)5)95-79(84)63-56-49-40-35-30-23-21-19-17-16-18-20-22-28-32-37-44-51-58-71(6)9-2/h70-75,80H,8-69H2,1-7H3,(H,85,86)(H,87,88)/t71?,72?,73-,74-,75-/m1/s1. The lowest BCUT2D eigenvalue weighted by Gasteiger charge is -2.21. The van der Waals surface area contributed by atoms with Crippen LogP contribution in [0, 0.1) is 17.8 Å². The number of unbranched alkanes of at least 4 members (excludes halogenated alkanes) is 43. The van der Waals surface area contributed by atoms with Crippen LogP contribution in [0.15, 0.2) is 0 Å². The first-order chi connectivity index (χ1) is 47.3. The number of esters is 4. The van der Waals surface area contributed by atoms with E-state index in [0.717, 1.165) is 114 Å². The summed E-state index contributed by atoms with van der Waals surface area (Å²) in [6.45, 7) is 12.0. The van der Waals surface area contributed by atoms with E-state index in [9.17, 15) is 43.2 Å². The molecule has 0 saturated heterocycles. The lowest BCUT2D eigenvalue weighted by molar-refractivity contribution is -0.161. The number of hydrogen-bond donors (Lipinski definition) is 3. The van der Waals surface area contributed by atoms with Gasteiger partial charge in [-0.3, -0.25) is 37.3 Å². The van der Waals surface area contributed by atoms with Gasteiger partial charge in [0.25, 0.3) is 0 Å². The largest absolute Gasteiger partial charge is 0.472 e. The van der Waals surface area contributed by atoms with Gasteiger partial charge in [-0.2, -0.15) is 0 Å². The maximum atomic E-state index is 13.1. The second kappa shape index (κ2) is 69.4. The Labute approximate surface area is 600 Å². The molecule has 19 heteroatoms. The number of carbonyl (C=O) groups excluding carboxylic acids is 4. The summed E-state index contributed by atoms with van der Waals surface area (Å²) in [7, 11) is -9.91. The van der Waals surface area contributed by atoms with E-state index < -0.39 is 97.5 Å². The Balaban J connectivity index is 5.20. The number of phosphoric ester groups is 2. The Kier molecular flexibility index (Phi) is 68.1. The molecule has 0 spiro atoms. The van der Waals surface area contributed by atoms with Gasteiger partial charge in [-0.05, 0) is 43.4 Å². The zero-order valence-electron chi connectivity index (χ0n) is 64.3. The van der Waals surface area contributed by atoms with Crippen LogP contribution in [-0.2, 0) is 65.4 Å². The molecule has 7 atom stereocenters. The highest BCUT2D eigenvalue weighted by molar-refractivity contribution is 7.47. The smallest absolute Gasteiger partial charge is 0.462 e. The van der Waals surface area contributed by atoms with Gasteiger partial charge >= 0.3 is 39.5 Å². The van der Waals surface area contributed by atoms with Gasteiger partial charge in [-0.25, -0.2) is 9.13 Å². The molecule has 0 radical (unpaired) electrons. The van der Waals surface area contributed by atoms with Gasteiger partial charge in [0.2, 0.25) is 0 Å². The molecule has 0 rings (SSSR count). The van der Waals surface area contributed by atoms with Gasteiger partial charge in [-0.1, -0.05) is 357 Å². The van der Waals surface area contributed by atoms with E-state index in [4.69, 9.17) is 37.0 Å². The molecule has 3 N–H and O–H groups in total. The maximum absolute atomic E-state index is 13.1. The summed E-state index contributed by atoms with van der Waals surface area (Å²) >= 11 is 0. The quantitative estimate of drug-likeness (QED) is 0.0222. The molecule has 0 amide bonds. The van der Waals surface area contributed by atoms with Gasteiger partial charge in [0.05, 0.1) is 26.4 Å². The van der Waals surface area contributed by atoms with Gasteiger partial charge in [0.1, 0.15) is 19.3 Å². The molecule has 0 heterocycles. The first-order valence-electron chi connectivity index (χ1n) is 40.9. The summed E-state index contributed by atoms with van der Waals surface area (Å²) in [4.78, 5) is 72.9. The van der Waals surface area contributed by atoms with Crippen molar-refractivity contribution in [2.75, 3.05) is 39.6 Å². The van der Waals surface area contributed by atoms with Crippen molar-refractivity contribution >= 4 is 39.5 Å². The van der Waals surface area contributed by atoms with E-state index in [1.807, 2.05) is 0 Å². The van der Waals surface area contributed by atoms with Crippen LogP contribution in [0.4, 0.5) is 0 Å². The fraction of sp³-hybridized carbons (Fsp3) is 0.949. The molecule has 0 aromatic rings. The zero-order valence-corrected chi connectivity index (χ0v) is 66.0. The van der Waals surface area contributed by atoms with E-state index in [0.29, 0.717) is 25.7 Å². The van der Waals surface area contributed by atoms with Crippen molar-refractivity contribution < 1.29 is 80.2 Å². The molecule has 17 nitrogen and oxygen atoms in total. The van der Waals surface area contributed by atoms with Crippen LogP contribution in [0.1, 0.15) is 408 Å². The summed E-state index contributed by atoms with van der Waals surface area (Å²) in [5.41, 5.74) is 0. The fourth-order valence-electron chi connectivity index (χ4n) is 12.1. The topological polar surface area (TPSA) is 237 Å². The van der Waals surface area contributed by atoms with Crippen molar-refractivity contribution in [1.82, 2.24) is 0 Å². The van der Waals surface area contributed by atoms with E-state index in [1.54, 1.807) is 0 Å². The molecule has 98 heavy (non-hydrogen) atoms. The Bertz CT molecular complexity index is 1910. The minimum atomic E-state index is -4.96. The molecule has 0 bridgehead atoms. The van der Waals surface area contributed by atoms with Crippen molar-refractivity contribution in [3.8, 4) is 0 Å². The van der Waals surface area contributed by atoms with Crippen LogP contribution in [0.3, 0.4) is 0 Å². The van der Waals surface area contributed by atoms with Crippen LogP contribution in [0.25, 0.3) is 0 Å². The number of hydrogen-bond acceptors (Lipinski definition) is 15. The van der Waals surface area contributed by atoms with Crippen LogP contribution >= 0.6 is 15.6 Å². The molecule has 0 aromatic carbocycles. The monoisotopic (exact) mass is 1440 g/mol. The predicted molar refractivity (Wildman–Crippen MR) is 400 cm³/mol. The van der Waals surface area contributed by atoms with Crippen molar-refractivity contribution in [2.24, 2.45) is 17.8 Å². The molecule has 582 valence electrons. The predicted octanol–water partition coefficient (Wildman–Crippen LogP) is 23.4. The normalized spacial score (nSPS) is 14.6. The molecule has 0 aliphatic carbocycles. The summed E-state index contributed by atoms with van der Waals surface area (Å²) in [5.74, 6) is 0.269. The van der Waals surface area contributed by atoms with Crippen LogP contribution in [0.2, 0.25) is 0 Å². The first kappa shape index (κ1) is 96.1. The Morgan fingerprint density at radius 1 is 0.296 bits per heavy atom. The maximum Gasteiger partial charge on any atom is 0.472 e. The third-order valence-electron chi connectivity index (χ3n) is 19.1. The van der Waals surface area contributed by atoms with Crippen LogP contribution in [-0.4, -0.2) is 96.7 Å². The number of rotatable bonds is 77. The summed E-state index contributed by atoms with van der Waals surface area (Å²) in [6.07, 6.45) is 56.9. The van der Waals surface area contributed by atoms with Crippen LogP contribution < -0.4 is 0 Å². The average molecular weight is 1440 g/mol. The highest BCUT2D eigenvalue weighted by atomic mass is 31.2. The van der Waals surface area contributed by atoms with Crippen molar-refractivity contribution in [3.63, 3.8) is 0 Å². The number of aliphatic hydroxyl groups is 1. The van der Waals surface area contributed by atoms with Crippen LogP contribution in [0.5, 0.6) is 0 Å². The Morgan fingerprint density at radius 2 is 0.520 bits per heavy atom. The Hall–Kier alpha value is -1.94. The SMILES string of the molecule is CCCCCCCCCCCCCC(=O)O[C@H](COC(=O)CCCCCCCCC(C)CC)COP(=O)(O)OC[C@H](O)COP(=O)(O)OC[C@@H](COC(=O)CCCCCCCCCCCCCCC(C)C)OC(=O)CCCCCCCCCCCCCCCCCCCCC(C)CC. The molecule has 0 fully saturated rings. The third-order valence-corrected chi connectivity index (χ3v) is 21.0. The second-order valence-corrected chi connectivity index (χ2v) is 32.3. The van der Waals surface area contributed by atoms with E-state index in [-0.39, 0.29) is 25.7 Å². The zero-order chi connectivity index (χ0) is 72.3. The Morgan fingerprint density at radius 3 is 0.776 bits per heavy atom. The van der Waals surface area contributed by atoms with Crippen molar-refractivity contribution in [2.45, 2.75) is 426 Å². The molecular weight excluding hydrogens is 1280 g/mol. The summed E-state index contributed by atoms with van der Waals surface area (Å²) in [5, 5.41) is 10.6. The molecule has 0 aromatic heterocycles. The highest BCUT2D eigenvalue weighted by Gasteiger charge is 2.30. The number of ether oxygens (including phenoxy) is 4. The number of aliphatic hydroxyl groups excluding tert-OH is 1. The van der Waals surface area contributed by atoms with Gasteiger partial charge in [0.15, 0.2) is 12.2 Å². The summed E-state index contributed by atoms with van der Waals surface area (Å²) in [6, 6.07) is 0. The number of phosphoric acid groups is 2. The third kappa shape index (κ3) is 69.8. The molecule has 0 saturated carbocycles. The molecule has 4 unspecified atom stereocenters. The second-order valence-electron chi connectivity index (χ2n) is 29.4. The lowest BCUT2D eigenvalue weighted by Crippen LogP contribution is -2.30. The van der Waals surface area contributed by atoms with E-state index in [1.165, 1.54) is 212 Å². The fourth-order valence-corrected chi connectivity index (χ4v) is 13.6. The first-order valence-corrected chi connectivity index (χ1v) is 43.9. The van der Waals surface area contributed by atoms with Crippen molar-refractivity contribution in [1.29, 1.82) is 0 Å². The minimum absolute atomic E-state index is 0.106. The molecule has 0 aliphatic heterocycles. The van der Waals surface area contributed by atoms with Gasteiger partial charge in [0, 0.05) is 25.7 Å². The van der Waals surface area contributed by atoms with E-state index in [2.05, 4.69) is 48.5 Å². The van der Waals surface area contributed by atoms with E-state index >= 15 is 0 Å². The minimum Gasteiger partial charge on any atom is -0.462 e. The van der Waals surface area contributed by atoms with Gasteiger partial charge in [-0.15, -0.1) is 0 Å². The molecular formula is C79H154O17P2. The average Bonchev–Trinajstić information content (AvgIpc) is 3.10. The van der Waals surface area contributed by atoms with Crippen molar-refractivity contribution in [3.05, 3.63) is 0 Å². The summed E-state index contributed by atoms with van der Waals surface area (Å²) < 4.78 is 68.6. The number of carbonyl (C=O) groups is 4. The highest BCUT2D eigenvalue weighted by Crippen LogP contribution is 2.45. The molecule has 0 aliphatic rings. The lowest BCUT2D eigenvalue weighted by atomic mass is 9.99.